The lowest BCUT2D eigenvalue weighted by molar-refractivity contribution is -0.117. The number of benzene rings is 1. The Kier molecular flexibility index (Phi) is 5.15. The summed E-state index contributed by atoms with van der Waals surface area (Å²) in [5.41, 5.74) is 1.48. The van der Waals surface area contributed by atoms with Crippen LogP contribution in [0.1, 0.15) is 25.7 Å². The van der Waals surface area contributed by atoms with Gasteiger partial charge in [0.1, 0.15) is 5.82 Å². The Morgan fingerprint density at radius 2 is 1.68 bits per heavy atom. The van der Waals surface area contributed by atoms with E-state index < -0.39 is 0 Å². The molecule has 0 atom stereocenters. The Morgan fingerprint density at radius 1 is 0.903 bits per heavy atom. The van der Waals surface area contributed by atoms with Gasteiger partial charge in [-0.2, -0.15) is 9.50 Å². The number of rotatable bonds is 5. The van der Waals surface area contributed by atoms with E-state index in [4.69, 9.17) is 0 Å². The topological polar surface area (TPSA) is 104 Å². The number of carbonyl (C=O) groups is 2. The van der Waals surface area contributed by atoms with Crippen LogP contribution >= 0.6 is 0 Å². The highest BCUT2D eigenvalue weighted by Crippen LogP contribution is 2.30. The standard InChI is InChI=1S/C22H25N7O2/c30-20(15-9-10-15)26-21-25-18-7-4-8-19(29(18)27-21)28-13-11-17(12-14-28)24-22(31)23-16-5-2-1-3-6-16/h1-8,15,17H,9-14H2,(H2,23,24,31)(H,26,27,30). The Hall–Kier alpha value is -3.62. The van der Waals surface area contributed by atoms with Crippen molar-refractivity contribution in [3.8, 4) is 0 Å². The SMILES string of the molecule is O=C(Nc1ccccc1)NC1CCN(c2cccc3nc(NC(=O)C4CC4)nn23)CC1. The molecular formula is C22H25N7O2. The largest absolute Gasteiger partial charge is 0.356 e. The van der Waals surface area contributed by atoms with E-state index in [2.05, 4.69) is 30.9 Å². The van der Waals surface area contributed by atoms with Crippen molar-refractivity contribution < 1.29 is 9.59 Å². The summed E-state index contributed by atoms with van der Waals surface area (Å²) in [7, 11) is 0. The first-order valence-electron chi connectivity index (χ1n) is 10.7. The second-order valence-electron chi connectivity index (χ2n) is 8.08. The maximum atomic E-state index is 12.3. The second kappa shape index (κ2) is 8.25. The summed E-state index contributed by atoms with van der Waals surface area (Å²) in [6, 6.07) is 15.2. The molecule has 0 spiro atoms. The van der Waals surface area contributed by atoms with E-state index in [9.17, 15) is 9.59 Å². The van der Waals surface area contributed by atoms with Crippen LogP contribution in [0.15, 0.2) is 48.5 Å². The van der Waals surface area contributed by atoms with Crippen LogP contribution in [0.2, 0.25) is 0 Å². The molecule has 2 aromatic heterocycles. The zero-order valence-electron chi connectivity index (χ0n) is 17.1. The Bertz CT molecular complexity index is 1090. The summed E-state index contributed by atoms with van der Waals surface area (Å²) < 4.78 is 1.78. The predicted molar refractivity (Wildman–Crippen MR) is 118 cm³/mol. The number of piperidine rings is 1. The lowest BCUT2D eigenvalue weighted by Crippen LogP contribution is -2.46. The minimum Gasteiger partial charge on any atom is -0.356 e. The fourth-order valence-electron chi connectivity index (χ4n) is 3.87. The van der Waals surface area contributed by atoms with Crippen LogP contribution in [0, 0.1) is 5.92 Å². The van der Waals surface area contributed by atoms with E-state index in [-0.39, 0.29) is 23.9 Å². The van der Waals surface area contributed by atoms with Crippen molar-refractivity contribution in [2.75, 3.05) is 28.6 Å². The quantitative estimate of drug-likeness (QED) is 0.590. The molecule has 0 unspecified atom stereocenters. The first kappa shape index (κ1) is 19.3. The van der Waals surface area contributed by atoms with Gasteiger partial charge in [0.15, 0.2) is 5.65 Å². The highest BCUT2D eigenvalue weighted by molar-refractivity contribution is 5.92. The summed E-state index contributed by atoms with van der Waals surface area (Å²) in [6.45, 7) is 1.58. The minimum atomic E-state index is -0.181. The smallest absolute Gasteiger partial charge is 0.319 e. The van der Waals surface area contributed by atoms with Crippen LogP contribution < -0.4 is 20.9 Å². The van der Waals surface area contributed by atoms with Gasteiger partial charge < -0.3 is 15.5 Å². The van der Waals surface area contributed by atoms with Crippen LogP contribution in [0.5, 0.6) is 0 Å². The number of aromatic nitrogens is 3. The van der Waals surface area contributed by atoms with Gasteiger partial charge in [0, 0.05) is 30.7 Å². The molecule has 1 aliphatic heterocycles. The molecule has 3 aromatic rings. The summed E-state index contributed by atoms with van der Waals surface area (Å²) >= 11 is 0. The van der Waals surface area contributed by atoms with E-state index >= 15 is 0 Å². The normalized spacial score (nSPS) is 16.8. The summed E-state index contributed by atoms with van der Waals surface area (Å²) in [5, 5.41) is 13.2. The molecule has 1 aliphatic carbocycles. The number of para-hydroxylation sites is 1. The van der Waals surface area contributed by atoms with E-state index in [0.717, 1.165) is 50.3 Å². The van der Waals surface area contributed by atoms with Gasteiger partial charge in [-0.15, -0.1) is 5.10 Å². The zero-order valence-corrected chi connectivity index (χ0v) is 17.1. The molecule has 1 aromatic carbocycles. The number of pyridine rings is 1. The number of nitrogens with one attached hydrogen (secondary N) is 3. The summed E-state index contributed by atoms with van der Waals surface area (Å²) in [4.78, 5) is 31.0. The lowest BCUT2D eigenvalue weighted by Gasteiger charge is -2.33. The summed E-state index contributed by atoms with van der Waals surface area (Å²) in [5.74, 6) is 1.39. The number of hydrogen-bond acceptors (Lipinski definition) is 5. The molecule has 2 fully saturated rings. The van der Waals surface area contributed by atoms with E-state index in [1.807, 2.05) is 48.5 Å². The monoisotopic (exact) mass is 419 g/mol. The zero-order chi connectivity index (χ0) is 21.2. The summed E-state index contributed by atoms with van der Waals surface area (Å²) in [6.07, 6.45) is 3.55. The first-order valence-corrected chi connectivity index (χ1v) is 10.7. The van der Waals surface area contributed by atoms with Crippen LogP contribution in [0.25, 0.3) is 5.65 Å². The molecule has 9 heteroatoms. The van der Waals surface area contributed by atoms with Gasteiger partial charge in [0.25, 0.3) is 0 Å². The predicted octanol–water partition coefficient (Wildman–Crippen LogP) is 2.87. The Balaban J connectivity index is 1.20. The van der Waals surface area contributed by atoms with Crippen molar-refractivity contribution in [2.45, 2.75) is 31.7 Å². The fourth-order valence-corrected chi connectivity index (χ4v) is 3.87. The van der Waals surface area contributed by atoms with Crippen molar-refractivity contribution in [1.82, 2.24) is 19.9 Å². The Morgan fingerprint density at radius 3 is 2.42 bits per heavy atom. The molecule has 5 rings (SSSR count). The highest BCUT2D eigenvalue weighted by Gasteiger charge is 2.30. The minimum absolute atomic E-state index is 0.00174. The number of anilines is 3. The molecule has 160 valence electrons. The van der Waals surface area contributed by atoms with E-state index in [1.165, 1.54) is 0 Å². The molecule has 3 N–H and O–H groups in total. The van der Waals surface area contributed by atoms with Crippen molar-refractivity contribution in [2.24, 2.45) is 5.92 Å². The molecule has 3 amide bonds. The third kappa shape index (κ3) is 4.45. The van der Waals surface area contributed by atoms with E-state index in [1.54, 1.807) is 4.52 Å². The number of hydrogen-bond donors (Lipinski definition) is 3. The van der Waals surface area contributed by atoms with Gasteiger partial charge in [0.05, 0.1) is 0 Å². The molecule has 0 bridgehead atoms. The first-order chi connectivity index (χ1) is 15.2. The molecular weight excluding hydrogens is 394 g/mol. The average Bonchev–Trinajstić information content (AvgIpc) is 3.55. The second-order valence-corrected chi connectivity index (χ2v) is 8.08. The number of carbonyl (C=O) groups excluding carboxylic acids is 2. The van der Waals surface area contributed by atoms with E-state index in [0.29, 0.717) is 11.6 Å². The molecule has 1 saturated heterocycles. The van der Waals surface area contributed by atoms with Gasteiger partial charge in [-0.3, -0.25) is 10.1 Å². The van der Waals surface area contributed by atoms with Crippen molar-refractivity contribution in [1.29, 1.82) is 0 Å². The van der Waals surface area contributed by atoms with Gasteiger partial charge >= 0.3 is 6.03 Å². The third-order valence-electron chi connectivity index (χ3n) is 5.71. The van der Waals surface area contributed by atoms with Gasteiger partial charge in [-0.05, 0) is 49.9 Å². The van der Waals surface area contributed by atoms with Crippen molar-refractivity contribution >= 4 is 35.0 Å². The molecule has 1 saturated carbocycles. The number of fused-ring (bicyclic) bond motifs is 1. The van der Waals surface area contributed by atoms with Crippen molar-refractivity contribution in [3.63, 3.8) is 0 Å². The van der Waals surface area contributed by atoms with Crippen LogP contribution in [-0.4, -0.2) is 45.7 Å². The number of nitrogens with zero attached hydrogens (tertiary/aromatic N) is 4. The van der Waals surface area contributed by atoms with Gasteiger partial charge in [0.2, 0.25) is 11.9 Å². The molecule has 3 heterocycles. The number of urea groups is 1. The van der Waals surface area contributed by atoms with Gasteiger partial charge in [-0.1, -0.05) is 24.3 Å². The molecule has 31 heavy (non-hydrogen) atoms. The molecule has 0 radical (unpaired) electrons. The Labute approximate surface area is 179 Å². The maximum absolute atomic E-state index is 12.3. The lowest BCUT2D eigenvalue weighted by atomic mass is 10.1. The fraction of sp³-hybridized carbons (Fsp3) is 0.364. The highest BCUT2D eigenvalue weighted by atomic mass is 16.2. The average molecular weight is 419 g/mol. The van der Waals surface area contributed by atoms with Crippen molar-refractivity contribution in [3.05, 3.63) is 48.5 Å². The molecule has 2 aliphatic rings. The van der Waals surface area contributed by atoms with Crippen LogP contribution in [-0.2, 0) is 4.79 Å². The van der Waals surface area contributed by atoms with Gasteiger partial charge in [-0.25, -0.2) is 4.79 Å². The number of amides is 3. The van der Waals surface area contributed by atoms with Crippen LogP contribution in [0.3, 0.4) is 0 Å². The van der Waals surface area contributed by atoms with Crippen LogP contribution in [0.4, 0.5) is 22.2 Å². The third-order valence-corrected chi connectivity index (χ3v) is 5.71. The molecule has 9 nitrogen and oxygen atoms in total. The maximum Gasteiger partial charge on any atom is 0.319 e.